The highest BCUT2D eigenvalue weighted by Crippen LogP contribution is 2.21. The summed E-state index contributed by atoms with van der Waals surface area (Å²) in [6.45, 7) is 8.74. The van der Waals surface area contributed by atoms with E-state index in [0.29, 0.717) is 18.5 Å². The van der Waals surface area contributed by atoms with Gasteiger partial charge in [-0.2, -0.15) is 5.10 Å². The van der Waals surface area contributed by atoms with Gasteiger partial charge in [0.05, 0.1) is 12.2 Å². The molecule has 0 unspecified atom stereocenters. The number of nitrogens with one attached hydrogen (secondary N) is 1. The standard InChI is InChI=1S/C23H26ClN3O/c1-16-13-17(2)27(26-16)15-18-9-11-19(12-10-18)22(28)25-23(3,4)14-20-7-5-6-8-21(20)24/h5-13H,14-15H2,1-4H3,(H,25,28). The first-order chi connectivity index (χ1) is 13.2. The Bertz CT molecular complexity index is 974. The minimum atomic E-state index is -0.412. The van der Waals surface area contributed by atoms with Crippen molar-refractivity contribution in [2.75, 3.05) is 0 Å². The van der Waals surface area contributed by atoms with Crippen molar-refractivity contribution < 1.29 is 4.79 Å². The van der Waals surface area contributed by atoms with Crippen LogP contribution in [0.5, 0.6) is 0 Å². The van der Waals surface area contributed by atoms with E-state index in [-0.39, 0.29) is 5.91 Å². The molecule has 1 aromatic heterocycles. The molecule has 28 heavy (non-hydrogen) atoms. The van der Waals surface area contributed by atoms with Gasteiger partial charge >= 0.3 is 0 Å². The number of aryl methyl sites for hydroxylation is 2. The fraction of sp³-hybridized carbons (Fsp3) is 0.304. The zero-order valence-electron chi connectivity index (χ0n) is 16.8. The van der Waals surface area contributed by atoms with Gasteiger partial charge in [-0.1, -0.05) is 41.9 Å². The zero-order valence-corrected chi connectivity index (χ0v) is 17.5. The van der Waals surface area contributed by atoms with Crippen molar-refractivity contribution in [1.82, 2.24) is 15.1 Å². The number of carbonyl (C=O) groups is 1. The number of hydrogen-bond acceptors (Lipinski definition) is 2. The van der Waals surface area contributed by atoms with Crippen molar-refractivity contribution in [3.8, 4) is 0 Å². The van der Waals surface area contributed by atoms with Crippen molar-refractivity contribution >= 4 is 17.5 Å². The highest BCUT2D eigenvalue weighted by molar-refractivity contribution is 6.31. The van der Waals surface area contributed by atoms with E-state index in [1.54, 1.807) is 0 Å². The molecule has 1 heterocycles. The summed E-state index contributed by atoms with van der Waals surface area (Å²) in [5.41, 5.74) is 4.50. The summed E-state index contributed by atoms with van der Waals surface area (Å²) in [5.74, 6) is -0.0882. The molecule has 1 amide bonds. The lowest BCUT2D eigenvalue weighted by Crippen LogP contribution is -2.45. The number of hydrogen-bond donors (Lipinski definition) is 1. The van der Waals surface area contributed by atoms with Crippen LogP contribution in [0.3, 0.4) is 0 Å². The maximum Gasteiger partial charge on any atom is 0.251 e. The van der Waals surface area contributed by atoms with Crippen LogP contribution in [0.15, 0.2) is 54.6 Å². The molecule has 0 aliphatic carbocycles. The van der Waals surface area contributed by atoms with Gasteiger partial charge in [0.25, 0.3) is 5.91 Å². The van der Waals surface area contributed by atoms with Gasteiger partial charge < -0.3 is 5.32 Å². The first kappa shape index (κ1) is 20.2. The van der Waals surface area contributed by atoms with Crippen LogP contribution in [-0.2, 0) is 13.0 Å². The van der Waals surface area contributed by atoms with Crippen LogP contribution in [0.2, 0.25) is 5.02 Å². The lowest BCUT2D eigenvalue weighted by Gasteiger charge is -2.27. The summed E-state index contributed by atoms with van der Waals surface area (Å²) >= 11 is 6.26. The minimum Gasteiger partial charge on any atom is -0.347 e. The maximum absolute atomic E-state index is 12.7. The van der Waals surface area contributed by atoms with Gasteiger partial charge in [0.2, 0.25) is 0 Å². The van der Waals surface area contributed by atoms with Gasteiger partial charge in [0.15, 0.2) is 0 Å². The monoisotopic (exact) mass is 395 g/mol. The Labute approximate surface area is 171 Å². The van der Waals surface area contributed by atoms with Crippen LogP contribution < -0.4 is 5.32 Å². The Hall–Kier alpha value is -2.59. The Morgan fingerprint density at radius 1 is 1.11 bits per heavy atom. The average molecular weight is 396 g/mol. The normalized spacial score (nSPS) is 11.5. The predicted octanol–water partition coefficient (Wildman–Crippen LogP) is 4.95. The lowest BCUT2D eigenvalue weighted by molar-refractivity contribution is 0.0913. The molecular formula is C23H26ClN3O. The van der Waals surface area contributed by atoms with Crippen molar-refractivity contribution in [2.24, 2.45) is 0 Å². The molecule has 3 aromatic rings. The third kappa shape index (κ3) is 5.02. The molecule has 4 nitrogen and oxygen atoms in total. The van der Waals surface area contributed by atoms with Crippen molar-refractivity contribution in [1.29, 1.82) is 0 Å². The van der Waals surface area contributed by atoms with Gasteiger partial charge in [0.1, 0.15) is 0 Å². The molecule has 146 valence electrons. The summed E-state index contributed by atoms with van der Waals surface area (Å²) in [5, 5.41) is 8.32. The molecule has 0 saturated heterocycles. The molecular weight excluding hydrogens is 370 g/mol. The fourth-order valence-corrected chi connectivity index (χ4v) is 3.51. The van der Waals surface area contributed by atoms with Crippen molar-refractivity contribution in [3.63, 3.8) is 0 Å². The Balaban J connectivity index is 1.65. The molecule has 0 radical (unpaired) electrons. The smallest absolute Gasteiger partial charge is 0.251 e. The third-order valence-corrected chi connectivity index (χ3v) is 5.06. The molecule has 0 spiro atoms. The predicted molar refractivity (Wildman–Crippen MR) is 114 cm³/mol. The highest BCUT2D eigenvalue weighted by Gasteiger charge is 2.22. The van der Waals surface area contributed by atoms with E-state index >= 15 is 0 Å². The van der Waals surface area contributed by atoms with Crippen molar-refractivity contribution in [3.05, 3.63) is 87.7 Å². The lowest BCUT2D eigenvalue weighted by atomic mass is 9.94. The second-order valence-electron chi connectivity index (χ2n) is 7.89. The van der Waals surface area contributed by atoms with Crippen molar-refractivity contribution in [2.45, 2.75) is 46.2 Å². The molecule has 3 rings (SSSR count). The largest absolute Gasteiger partial charge is 0.347 e. The van der Waals surface area contributed by atoms with Crippen LogP contribution in [0.4, 0.5) is 0 Å². The number of nitrogens with zero attached hydrogens (tertiary/aromatic N) is 2. The molecule has 1 N–H and O–H groups in total. The summed E-state index contributed by atoms with van der Waals surface area (Å²) in [4.78, 5) is 12.7. The summed E-state index contributed by atoms with van der Waals surface area (Å²) in [6.07, 6.45) is 0.661. The number of aromatic nitrogens is 2. The molecule has 2 aromatic carbocycles. The number of benzene rings is 2. The van der Waals surface area contributed by atoms with Crippen LogP contribution in [0.25, 0.3) is 0 Å². The molecule has 0 fully saturated rings. The second kappa shape index (κ2) is 8.19. The second-order valence-corrected chi connectivity index (χ2v) is 8.30. The van der Waals surface area contributed by atoms with E-state index in [2.05, 4.69) is 16.5 Å². The van der Waals surface area contributed by atoms with Crippen LogP contribution in [0, 0.1) is 13.8 Å². The Morgan fingerprint density at radius 3 is 2.39 bits per heavy atom. The number of carbonyl (C=O) groups excluding carboxylic acids is 1. The zero-order chi connectivity index (χ0) is 20.3. The number of halogens is 1. The van der Waals surface area contributed by atoms with Gasteiger partial charge in [-0.3, -0.25) is 9.48 Å². The summed E-state index contributed by atoms with van der Waals surface area (Å²) < 4.78 is 1.97. The van der Waals surface area contributed by atoms with E-state index in [0.717, 1.165) is 27.5 Å². The first-order valence-electron chi connectivity index (χ1n) is 9.39. The average Bonchev–Trinajstić information content (AvgIpc) is 2.94. The van der Waals surface area contributed by atoms with Gasteiger partial charge in [-0.25, -0.2) is 0 Å². The maximum atomic E-state index is 12.7. The summed E-state index contributed by atoms with van der Waals surface area (Å²) in [6, 6.07) is 17.5. The van der Waals surface area contributed by atoms with Crippen LogP contribution in [-0.4, -0.2) is 21.2 Å². The van der Waals surface area contributed by atoms with E-state index in [4.69, 9.17) is 11.6 Å². The van der Waals surface area contributed by atoms with Crippen LogP contribution in [0.1, 0.15) is 46.7 Å². The molecule has 0 aliphatic heterocycles. The quantitative estimate of drug-likeness (QED) is 0.641. The van der Waals surface area contributed by atoms with E-state index in [1.165, 1.54) is 0 Å². The van der Waals surface area contributed by atoms with E-state index < -0.39 is 5.54 Å². The fourth-order valence-electron chi connectivity index (χ4n) is 3.31. The molecule has 0 atom stereocenters. The molecule has 5 heteroatoms. The number of amides is 1. The topological polar surface area (TPSA) is 46.9 Å². The van der Waals surface area contributed by atoms with Crippen LogP contribution >= 0.6 is 11.6 Å². The van der Waals surface area contributed by atoms with Gasteiger partial charge in [0, 0.05) is 21.8 Å². The third-order valence-electron chi connectivity index (χ3n) is 4.69. The van der Waals surface area contributed by atoms with Gasteiger partial charge in [-0.05, 0) is 69.5 Å². The minimum absolute atomic E-state index is 0.0882. The molecule has 0 aliphatic rings. The Kier molecular flexibility index (Phi) is 5.90. The van der Waals surface area contributed by atoms with Gasteiger partial charge in [-0.15, -0.1) is 0 Å². The Morgan fingerprint density at radius 2 is 1.79 bits per heavy atom. The molecule has 0 bridgehead atoms. The summed E-state index contributed by atoms with van der Waals surface area (Å²) in [7, 11) is 0. The molecule has 0 saturated carbocycles. The SMILES string of the molecule is Cc1cc(C)n(Cc2ccc(C(=O)NC(C)(C)Cc3ccccc3Cl)cc2)n1. The number of rotatable bonds is 6. The van der Waals surface area contributed by atoms with E-state index in [1.807, 2.05) is 80.9 Å². The van der Waals surface area contributed by atoms with E-state index in [9.17, 15) is 4.79 Å². The first-order valence-corrected chi connectivity index (χ1v) is 9.77. The highest BCUT2D eigenvalue weighted by atomic mass is 35.5.